The smallest absolute Gasteiger partial charge is 0.171 e. The summed E-state index contributed by atoms with van der Waals surface area (Å²) < 4.78 is 6.00. The van der Waals surface area contributed by atoms with Crippen LogP contribution in [0.25, 0.3) is 11.0 Å². The summed E-state index contributed by atoms with van der Waals surface area (Å²) in [5.74, 6) is 0.771. The summed E-state index contributed by atoms with van der Waals surface area (Å²) in [7, 11) is 4.24. The van der Waals surface area contributed by atoms with Crippen LogP contribution in [-0.2, 0) is 25.9 Å². The number of piperidine rings is 1. The second-order valence-electron chi connectivity index (χ2n) is 10.4. The first-order chi connectivity index (χ1) is 17.2. The maximum atomic E-state index is 6.00. The zero-order valence-corrected chi connectivity index (χ0v) is 23.6. The first-order valence-electron chi connectivity index (χ1n) is 13.0. The van der Waals surface area contributed by atoms with E-state index >= 15 is 0 Å². The number of fused-ring (bicyclic) bond motifs is 1. The van der Waals surface area contributed by atoms with E-state index in [9.17, 15) is 0 Å². The molecule has 0 N–H and O–H groups in total. The molecule has 0 radical (unpaired) electrons. The van der Waals surface area contributed by atoms with E-state index in [0.717, 1.165) is 43.1 Å². The Morgan fingerprint density at radius 2 is 1.51 bits per heavy atom. The molecule has 0 bridgehead atoms. The molecule has 0 unspecified atom stereocenters. The number of aryl methyl sites for hydroxylation is 1. The molecule has 0 amide bonds. The van der Waals surface area contributed by atoms with Crippen LogP contribution in [0.15, 0.2) is 77.3 Å². The Balaban J connectivity index is 0.00000190. The van der Waals surface area contributed by atoms with Gasteiger partial charge in [-0.25, -0.2) is 0 Å². The van der Waals surface area contributed by atoms with Crippen molar-refractivity contribution in [3.8, 4) is 0 Å². The normalized spacial score (nSPS) is 14.5. The van der Waals surface area contributed by atoms with E-state index in [1.807, 2.05) is 0 Å². The Labute approximate surface area is 233 Å². The third-order valence-electron chi connectivity index (χ3n) is 7.37. The van der Waals surface area contributed by atoms with Gasteiger partial charge < -0.3 is 9.42 Å². The number of hydrogen-bond acceptors (Lipinski definition) is 4. The molecule has 0 aliphatic carbocycles. The molecule has 0 atom stereocenters. The van der Waals surface area contributed by atoms with Crippen LogP contribution in [0, 0.1) is 5.92 Å². The summed E-state index contributed by atoms with van der Waals surface area (Å²) in [6.07, 6.45) is 5.65. The molecule has 1 aliphatic rings. The van der Waals surface area contributed by atoms with Crippen LogP contribution >= 0.6 is 24.8 Å². The van der Waals surface area contributed by atoms with Crippen molar-refractivity contribution in [2.75, 3.05) is 27.2 Å². The Kier molecular flexibility index (Phi) is 11.0. The van der Waals surface area contributed by atoms with Gasteiger partial charge in [0, 0.05) is 24.0 Å². The summed E-state index contributed by atoms with van der Waals surface area (Å²) in [6.45, 7) is 4.30. The van der Waals surface area contributed by atoms with Crippen molar-refractivity contribution in [3.63, 3.8) is 0 Å². The predicted molar refractivity (Wildman–Crippen MR) is 158 cm³/mol. The van der Waals surface area contributed by atoms with Gasteiger partial charge >= 0.3 is 0 Å². The van der Waals surface area contributed by atoms with Crippen LogP contribution in [0.2, 0.25) is 0 Å². The molecule has 37 heavy (non-hydrogen) atoms. The van der Waals surface area contributed by atoms with Crippen LogP contribution in [0.1, 0.15) is 47.2 Å². The highest BCUT2D eigenvalue weighted by Gasteiger charge is 2.21. The molecule has 5 rings (SSSR count). The molecule has 2 heterocycles. The number of nitrogens with zero attached hydrogens (tertiary/aromatic N) is 3. The van der Waals surface area contributed by atoms with E-state index in [1.54, 1.807) is 0 Å². The lowest BCUT2D eigenvalue weighted by Gasteiger charge is -2.32. The molecular formula is C31H39Cl2N3O. The molecule has 1 aromatic heterocycles. The topological polar surface area (TPSA) is 32.5 Å². The Bertz CT molecular complexity index is 1220. The number of hydrogen-bond donors (Lipinski definition) is 0. The fourth-order valence-corrected chi connectivity index (χ4v) is 5.42. The number of rotatable bonds is 9. The minimum Gasteiger partial charge on any atom is -0.356 e. The zero-order valence-electron chi connectivity index (χ0n) is 21.9. The van der Waals surface area contributed by atoms with Crippen LogP contribution in [0.5, 0.6) is 0 Å². The van der Waals surface area contributed by atoms with E-state index in [-0.39, 0.29) is 24.8 Å². The van der Waals surface area contributed by atoms with Gasteiger partial charge in [-0.1, -0.05) is 71.9 Å². The van der Waals surface area contributed by atoms with Crippen LogP contribution in [0.3, 0.4) is 0 Å². The summed E-state index contributed by atoms with van der Waals surface area (Å²) >= 11 is 0. The highest BCUT2D eigenvalue weighted by atomic mass is 35.5. The van der Waals surface area contributed by atoms with Gasteiger partial charge in [-0.3, -0.25) is 4.90 Å². The molecule has 1 fully saturated rings. The Hall–Kier alpha value is -2.37. The molecule has 3 aromatic carbocycles. The zero-order chi connectivity index (χ0) is 24.0. The maximum Gasteiger partial charge on any atom is 0.171 e. The summed E-state index contributed by atoms with van der Waals surface area (Å²) in [4.78, 5) is 4.81. The average molecular weight is 541 g/mol. The summed E-state index contributed by atoms with van der Waals surface area (Å²) in [5, 5.41) is 5.76. The fraction of sp³-hybridized carbons (Fsp3) is 0.387. The van der Waals surface area contributed by atoms with E-state index < -0.39 is 0 Å². The lowest BCUT2D eigenvalue weighted by atomic mass is 9.90. The molecule has 198 valence electrons. The molecule has 0 saturated carbocycles. The second kappa shape index (κ2) is 14.0. The highest BCUT2D eigenvalue weighted by Crippen LogP contribution is 2.30. The third-order valence-corrected chi connectivity index (χ3v) is 7.37. The van der Waals surface area contributed by atoms with Crippen molar-refractivity contribution >= 4 is 35.8 Å². The third kappa shape index (κ3) is 7.58. The van der Waals surface area contributed by atoms with Crippen LogP contribution in [-0.4, -0.2) is 42.1 Å². The van der Waals surface area contributed by atoms with Crippen molar-refractivity contribution in [2.24, 2.45) is 5.92 Å². The largest absolute Gasteiger partial charge is 0.356 e. The molecule has 4 nitrogen and oxygen atoms in total. The number of likely N-dealkylation sites (tertiary alicyclic amines) is 1. The van der Waals surface area contributed by atoms with Gasteiger partial charge in [-0.05, 0) is 88.0 Å². The van der Waals surface area contributed by atoms with Crippen molar-refractivity contribution in [1.82, 2.24) is 15.0 Å². The van der Waals surface area contributed by atoms with E-state index in [0.29, 0.717) is 0 Å². The minimum atomic E-state index is 0. The van der Waals surface area contributed by atoms with Crippen molar-refractivity contribution < 1.29 is 4.52 Å². The second-order valence-corrected chi connectivity index (χ2v) is 10.4. The molecule has 1 aliphatic heterocycles. The SMILES string of the molecule is CN(C)Cc1c(Cc2ccccc2)ccc2c(CCC3CCN(Cc4ccccc4)CC3)noc12.Cl.Cl. The first-order valence-corrected chi connectivity index (χ1v) is 13.0. The highest BCUT2D eigenvalue weighted by molar-refractivity contribution is 5.85. The summed E-state index contributed by atoms with van der Waals surface area (Å²) in [6, 6.07) is 26.0. The van der Waals surface area contributed by atoms with E-state index in [2.05, 4.69) is 102 Å². The van der Waals surface area contributed by atoms with Gasteiger partial charge in [0.15, 0.2) is 5.58 Å². The van der Waals surface area contributed by atoms with E-state index in [1.165, 1.54) is 60.0 Å². The Morgan fingerprint density at radius 1 is 0.865 bits per heavy atom. The summed E-state index contributed by atoms with van der Waals surface area (Å²) in [5.41, 5.74) is 7.43. The monoisotopic (exact) mass is 539 g/mol. The van der Waals surface area contributed by atoms with Gasteiger partial charge in [-0.2, -0.15) is 0 Å². The van der Waals surface area contributed by atoms with Gasteiger partial charge in [0.05, 0.1) is 5.69 Å². The average Bonchev–Trinajstić information content (AvgIpc) is 3.29. The van der Waals surface area contributed by atoms with Gasteiger partial charge in [0.1, 0.15) is 0 Å². The number of benzene rings is 3. The lowest BCUT2D eigenvalue weighted by molar-refractivity contribution is 0.172. The molecular weight excluding hydrogens is 501 g/mol. The number of aromatic nitrogens is 1. The maximum absolute atomic E-state index is 6.00. The van der Waals surface area contributed by atoms with Gasteiger partial charge in [-0.15, -0.1) is 24.8 Å². The minimum absolute atomic E-state index is 0. The lowest BCUT2D eigenvalue weighted by Crippen LogP contribution is -2.33. The quantitative estimate of drug-likeness (QED) is 0.225. The molecule has 4 aromatic rings. The van der Waals surface area contributed by atoms with Gasteiger partial charge in [0.25, 0.3) is 0 Å². The van der Waals surface area contributed by atoms with E-state index in [4.69, 9.17) is 4.52 Å². The Morgan fingerprint density at radius 3 is 2.16 bits per heavy atom. The molecule has 1 saturated heterocycles. The predicted octanol–water partition coefficient (Wildman–Crippen LogP) is 7.17. The number of halogens is 2. The molecule has 0 spiro atoms. The van der Waals surface area contributed by atoms with Crippen molar-refractivity contribution in [2.45, 2.75) is 45.2 Å². The fourth-order valence-electron chi connectivity index (χ4n) is 5.42. The van der Waals surface area contributed by atoms with Crippen molar-refractivity contribution in [3.05, 3.63) is 101 Å². The van der Waals surface area contributed by atoms with Crippen LogP contribution in [0.4, 0.5) is 0 Å². The van der Waals surface area contributed by atoms with Gasteiger partial charge in [0.2, 0.25) is 0 Å². The first kappa shape index (κ1) is 29.2. The molecule has 6 heteroatoms. The van der Waals surface area contributed by atoms with Crippen molar-refractivity contribution in [1.29, 1.82) is 0 Å². The standard InChI is InChI=1S/C31H37N3O.2ClH/c1-33(2)23-29-27(21-25-9-5-3-6-10-25)14-15-28-30(32-35-31(28)29)16-13-24-17-19-34(20-18-24)22-26-11-7-4-8-12-26;;/h3-12,14-15,24H,13,16-23H2,1-2H3;2*1H. The van der Waals surface area contributed by atoms with Crippen LogP contribution < -0.4 is 0 Å².